The number of nitrogens with zero attached hydrogens (tertiary/aromatic N) is 1. The van der Waals surface area contributed by atoms with Gasteiger partial charge in [0, 0.05) is 18.3 Å². The Kier molecular flexibility index (Phi) is 4.58. The molecule has 0 aliphatic heterocycles. The third-order valence-electron chi connectivity index (χ3n) is 3.09. The number of fused-ring (bicyclic) bond motifs is 1. The van der Waals surface area contributed by atoms with Crippen LogP contribution in [0.1, 0.15) is 12.0 Å². The van der Waals surface area contributed by atoms with Crippen LogP contribution < -0.4 is 5.32 Å². The van der Waals surface area contributed by atoms with Crippen molar-refractivity contribution in [3.05, 3.63) is 36.0 Å². The summed E-state index contributed by atoms with van der Waals surface area (Å²) in [4.78, 5) is 17.1. The summed E-state index contributed by atoms with van der Waals surface area (Å²) in [6, 6.07) is 8.12. The van der Waals surface area contributed by atoms with Crippen LogP contribution in [-0.4, -0.2) is 43.0 Å². The van der Waals surface area contributed by atoms with Crippen molar-refractivity contribution in [3.8, 4) is 0 Å². The summed E-state index contributed by atoms with van der Waals surface area (Å²) in [7, 11) is 4.07. The molecule has 0 fully saturated rings. The Labute approximate surface area is 113 Å². The highest BCUT2D eigenvalue weighted by Gasteiger charge is 2.04. The zero-order valence-electron chi connectivity index (χ0n) is 11.6. The number of hydrogen-bond acceptors (Lipinski definition) is 2. The van der Waals surface area contributed by atoms with Crippen LogP contribution in [0.3, 0.4) is 0 Å². The monoisotopic (exact) mass is 259 g/mol. The molecule has 1 aromatic carbocycles. The molecular weight excluding hydrogens is 238 g/mol. The molecule has 0 radical (unpaired) electrons. The van der Waals surface area contributed by atoms with Gasteiger partial charge in [0.05, 0.1) is 6.42 Å². The SMILES string of the molecule is CN(C)CCCNC(=O)Cc1ccc2cc[nH]c2c1. The molecule has 1 aromatic heterocycles. The van der Waals surface area contributed by atoms with Crippen LogP contribution in [0, 0.1) is 0 Å². The van der Waals surface area contributed by atoms with Crippen molar-refractivity contribution in [2.75, 3.05) is 27.2 Å². The molecule has 19 heavy (non-hydrogen) atoms. The number of rotatable bonds is 6. The summed E-state index contributed by atoms with van der Waals surface area (Å²) in [6.07, 6.45) is 3.33. The van der Waals surface area contributed by atoms with E-state index >= 15 is 0 Å². The van der Waals surface area contributed by atoms with Gasteiger partial charge in [-0.1, -0.05) is 12.1 Å². The average molecular weight is 259 g/mol. The van der Waals surface area contributed by atoms with Crippen LogP contribution in [0.25, 0.3) is 10.9 Å². The van der Waals surface area contributed by atoms with E-state index in [0.717, 1.165) is 30.6 Å². The van der Waals surface area contributed by atoms with Crippen molar-refractivity contribution in [2.45, 2.75) is 12.8 Å². The van der Waals surface area contributed by atoms with Crippen LogP contribution in [-0.2, 0) is 11.2 Å². The lowest BCUT2D eigenvalue weighted by atomic mass is 10.1. The van der Waals surface area contributed by atoms with E-state index in [1.54, 1.807) is 0 Å². The molecule has 0 saturated carbocycles. The van der Waals surface area contributed by atoms with Crippen molar-refractivity contribution in [2.24, 2.45) is 0 Å². The highest BCUT2D eigenvalue weighted by Crippen LogP contribution is 2.14. The first kappa shape index (κ1) is 13.6. The normalized spacial score (nSPS) is 11.1. The van der Waals surface area contributed by atoms with E-state index in [2.05, 4.69) is 15.2 Å². The van der Waals surface area contributed by atoms with E-state index < -0.39 is 0 Å². The van der Waals surface area contributed by atoms with E-state index in [-0.39, 0.29) is 5.91 Å². The summed E-state index contributed by atoms with van der Waals surface area (Å²) in [5, 5.41) is 4.13. The van der Waals surface area contributed by atoms with Gasteiger partial charge in [-0.05, 0) is 50.1 Å². The van der Waals surface area contributed by atoms with Crippen molar-refractivity contribution in [1.82, 2.24) is 15.2 Å². The fourth-order valence-electron chi connectivity index (χ4n) is 2.08. The van der Waals surface area contributed by atoms with Crippen LogP contribution >= 0.6 is 0 Å². The number of nitrogens with one attached hydrogen (secondary N) is 2. The number of H-pyrrole nitrogens is 1. The predicted octanol–water partition coefficient (Wildman–Crippen LogP) is 1.78. The highest BCUT2D eigenvalue weighted by atomic mass is 16.1. The Morgan fingerprint density at radius 1 is 1.32 bits per heavy atom. The number of aromatic amines is 1. The van der Waals surface area contributed by atoms with Gasteiger partial charge in [0.15, 0.2) is 0 Å². The minimum atomic E-state index is 0.0877. The number of carbonyl (C=O) groups excluding carboxylic acids is 1. The zero-order valence-corrected chi connectivity index (χ0v) is 11.6. The van der Waals surface area contributed by atoms with Gasteiger partial charge in [0.1, 0.15) is 0 Å². The molecule has 0 atom stereocenters. The summed E-state index contributed by atoms with van der Waals surface area (Å²) in [5.74, 6) is 0.0877. The van der Waals surface area contributed by atoms with Crippen LogP contribution in [0.15, 0.2) is 30.5 Å². The second kappa shape index (κ2) is 6.38. The second-order valence-corrected chi connectivity index (χ2v) is 5.08. The summed E-state index contributed by atoms with van der Waals surface area (Å²) >= 11 is 0. The largest absolute Gasteiger partial charge is 0.361 e. The Hall–Kier alpha value is -1.81. The first-order valence-corrected chi connectivity index (χ1v) is 6.62. The first-order chi connectivity index (χ1) is 9.15. The minimum absolute atomic E-state index is 0.0877. The molecule has 4 heteroatoms. The topological polar surface area (TPSA) is 48.1 Å². The maximum atomic E-state index is 11.8. The van der Waals surface area contributed by atoms with Crippen molar-refractivity contribution < 1.29 is 4.79 Å². The number of amides is 1. The zero-order chi connectivity index (χ0) is 13.7. The number of carbonyl (C=O) groups is 1. The van der Waals surface area contributed by atoms with Crippen LogP contribution in [0.5, 0.6) is 0 Å². The minimum Gasteiger partial charge on any atom is -0.361 e. The van der Waals surface area contributed by atoms with Crippen molar-refractivity contribution in [1.29, 1.82) is 0 Å². The third kappa shape index (κ3) is 4.10. The lowest BCUT2D eigenvalue weighted by Crippen LogP contribution is -2.28. The molecule has 2 rings (SSSR count). The first-order valence-electron chi connectivity index (χ1n) is 6.62. The quantitative estimate of drug-likeness (QED) is 0.777. The molecule has 1 amide bonds. The second-order valence-electron chi connectivity index (χ2n) is 5.08. The van der Waals surface area contributed by atoms with Crippen molar-refractivity contribution in [3.63, 3.8) is 0 Å². The van der Waals surface area contributed by atoms with Gasteiger partial charge in [0.2, 0.25) is 5.91 Å². The van der Waals surface area contributed by atoms with Gasteiger partial charge in [-0.25, -0.2) is 0 Å². The van der Waals surface area contributed by atoms with Gasteiger partial charge < -0.3 is 15.2 Å². The molecule has 2 aromatic rings. The van der Waals surface area contributed by atoms with Gasteiger partial charge >= 0.3 is 0 Å². The molecule has 0 spiro atoms. The van der Waals surface area contributed by atoms with E-state index in [0.29, 0.717) is 6.42 Å². The van der Waals surface area contributed by atoms with E-state index in [9.17, 15) is 4.79 Å². The Bertz CT molecular complexity index is 545. The molecular formula is C15H21N3O. The molecule has 0 aliphatic rings. The number of benzene rings is 1. The summed E-state index contributed by atoms with van der Waals surface area (Å²) < 4.78 is 0. The third-order valence-corrected chi connectivity index (χ3v) is 3.09. The fourth-order valence-corrected chi connectivity index (χ4v) is 2.08. The van der Waals surface area contributed by atoms with Gasteiger partial charge in [-0.2, -0.15) is 0 Å². The summed E-state index contributed by atoms with van der Waals surface area (Å²) in [6.45, 7) is 1.73. The van der Waals surface area contributed by atoms with E-state index in [4.69, 9.17) is 0 Å². The van der Waals surface area contributed by atoms with Crippen LogP contribution in [0.4, 0.5) is 0 Å². The smallest absolute Gasteiger partial charge is 0.224 e. The van der Waals surface area contributed by atoms with Crippen LogP contribution in [0.2, 0.25) is 0 Å². The number of hydrogen-bond donors (Lipinski definition) is 2. The Morgan fingerprint density at radius 3 is 2.95 bits per heavy atom. The van der Waals surface area contributed by atoms with E-state index in [1.807, 2.05) is 44.6 Å². The standard InChI is InChI=1S/C15H21N3O/c1-18(2)9-3-7-17-15(19)11-12-4-5-13-6-8-16-14(13)10-12/h4-6,8,10,16H,3,7,9,11H2,1-2H3,(H,17,19). The molecule has 0 bridgehead atoms. The highest BCUT2D eigenvalue weighted by molar-refractivity contribution is 5.83. The molecule has 0 saturated heterocycles. The number of aromatic nitrogens is 1. The van der Waals surface area contributed by atoms with Gasteiger partial charge in [0.25, 0.3) is 0 Å². The molecule has 102 valence electrons. The molecule has 2 N–H and O–H groups in total. The van der Waals surface area contributed by atoms with Gasteiger partial charge in [-0.15, -0.1) is 0 Å². The Morgan fingerprint density at radius 2 is 2.16 bits per heavy atom. The predicted molar refractivity (Wildman–Crippen MR) is 78.2 cm³/mol. The average Bonchev–Trinajstić information content (AvgIpc) is 2.82. The summed E-state index contributed by atoms with van der Waals surface area (Å²) in [5.41, 5.74) is 2.12. The van der Waals surface area contributed by atoms with Gasteiger partial charge in [-0.3, -0.25) is 4.79 Å². The fraction of sp³-hybridized carbons (Fsp3) is 0.400. The lowest BCUT2D eigenvalue weighted by Gasteiger charge is -2.10. The molecule has 4 nitrogen and oxygen atoms in total. The Balaban J connectivity index is 1.81. The van der Waals surface area contributed by atoms with E-state index in [1.165, 1.54) is 5.39 Å². The lowest BCUT2D eigenvalue weighted by molar-refractivity contribution is -0.120. The van der Waals surface area contributed by atoms with Crippen molar-refractivity contribution >= 4 is 16.8 Å². The maximum Gasteiger partial charge on any atom is 0.224 e. The molecule has 0 unspecified atom stereocenters. The molecule has 0 aliphatic carbocycles. The molecule has 1 heterocycles. The maximum absolute atomic E-state index is 11.8.